The van der Waals surface area contributed by atoms with E-state index < -0.39 is 7.60 Å². The third-order valence-electron chi connectivity index (χ3n) is 5.57. The zero-order valence-electron chi connectivity index (χ0n) is 20.2. The maximum Gasteiger partial charge on any atom is 0.385 e. The van der Waals surface area contributed by atoms with Gasteiger partial charge in [0.25, 0.3) is 0 Å². The van der Waals surface area contributed by atoms with E-state index in [9.17, 15) is 9.46 Å². The van der Waals surface area contributed by atoms with Crippen LogP contribution in [-0.2, 0) is 9.09 Å². The van der Waals surface area contributed by atoms with Gasteiger partial charge in [-0.2, -0.15) is 0 Å². The average molecular weight is 433 g/mol. The predicted octanol–water partition coefficient (Wildman–Crippen LogP) is 7.67. The molecule has 29 heavy (non-hydrogen) atoms. The molecule has 5 heteroatoms. The molecule has 0 aliphatic rings. The van der Waals surface area contributed by atoms with Crippen molar-refractivity contribution in [2.45, 2.75) is 116 Å². The summed E-state index contributed by atoms with van der Waals surface area (Å²) in [7, 11) is 2.27. The molecular weight excluding hydrogens is 381 g/mol. The maximum absolute atomic E-state index is 12.5. The van der Waals surface area contributed by atoms with Gasteiger partial charge in [-0.3, -0.25) is 4.57 Å². The molecule has 1 N–H and O–H groups in total. The summed E-state index contributed by atoms with van der Waals surface area (Å²) >= 11 is 0. The Morgan fingerprint density at radius 2 is 1.24 bits per heavy atom. The third-order valence-corrected chi connectivity index (χ3v) is 7.93. The average Bonchev–Trinajstić information content (AvgIpc) is 2.63. The Morgan fingerprint density at radius 1 is 0.793 bits per heavy atom. The second-order valence-electron chi connectivity index (χ2n) is 9.34. The van der Waals surface area contributed by atoms with Crippen molar-refractivity contribution < 1.29 is 18.5 Å². The van der Waals surface area contributed by atoms with Crippen molar-refractivity contribution in [3.63, 3.8) is 0 Å². The smallest absolute Gasteiger partial charge is 0.320 e. The maximum atomic E-state index is 12.5. The van der Waals surface area contributed by atoms with E-state index in [1.54, 1.807) is 0 Å². The first-order chi connectivity index (χ1) is 13.8. The normalized spacial score (nSPS) is 15.7. The van der Waals surface area contributed by atoms with Gasteiger partial charge < -0.3 is 13.9 Å². The Labute approximate surface area is 182 Å². The van der Waals surface area contributed by atoms with Crippen molar-refractivity contribution in [3.05, 3.63) is 12.2 Å². The van der Waals surface area contributed by atoms with Gasteiger partial charge >= 0.3 is 7.60 Å². The molecule has 0 aromatic rings. The van der Waals surface area contributed by atoms with E-state index >= 15 is 0 Å². The number of unbranched alkanes of at least 4 members (excludes halogenated alkanes) is 12. The second kappa shape index (κ2) is 17.5. The van der Waals surface area contributed by atoms with E-state index in [0.29, 0.717) is 17.5 Å². The quantitative estimate of drug-likeness (QED) is 0.0929. The van der Waals surface area contributed by atoms with Gasteiger partial charge in [0, 0.05) is 6.42 Å². The van der Waals surface area contributed by atoms with E-state index in [4.69, 9.17) is 4.52 Å². The van der Waals surface area contributed by atoms with Crippen molar-refractivity contribution in [3.8, 4) is 0 Å². The molecule has 0 bridgehead atoms. The summed E-state index contributed by atoms with van der Waals surface area (Å²) in [5, 5.41) is 0. The van der Waals surface area contributed by atoms with E-state index in [1.165, 1.54) is 70.6 Å². The zero-order chi connectivity index (χ0) is 22.0. The van der Waals surface area contributed by atoms with Crippen LogP contribution in [0.2, 0.25) is 0 Å². The van der Waals surface area contributed by atoms with Crippen LogP contribution in [0.5, 0.6) is 0 Å². The highest BCUT2D eigenvalue weighted by molar-refractivity contribution is 7.53. The number of rotatable bonds is 20. The lowest BCUT2D eigenvalue weighted by Crippen LogP contribution is -2.44. The molecule has 0 amide bonds. The van der Waals surface area contributed by atoms with Gasteiger partial charge in [-0.05, 0) is 32.1 Å². The Kier molecular flexibility index (Phi) is 17.4. The minimum Gasteiger partial charge on any atom is -0.320 e. The minimum atomic E-state index is -3.56. The minimum absolute atomic E-state index is 0.358. The van der Waals surface area contributed by atoms with Crippen molar-refractivity contribution >= 4 is 7.60 Å². The Morgan fingerprint density at radius 3 is 1.69 bits per heavy atom. The van der Waals surface area contributed by atoms with E-state index in [2.05, 4.69) is 19.1 Å². The molecule has 2 atom stereocenters. The second-order valence-corrected chi connectivity index (χ2v) is 11.3. The van der Waals surface area contributed by atoms with Gasteiger partial charge in [0.2, 0.25) is 0 Å². The lowest BCUT2D eigenvalue weighted by atomic mass is 10.1. The van der Waals surface area contributed by atoms with Gasteiger partial charge in [0.05, 0.1) is 27.7 Å². The number of hydrogen-bond donors (Lipinski definition) is 1. The topological polar surface area (TPSA) is 46.5 Å². The van der Waals surface area contributed by atoms with Crippen LogP contribution >= 0.6 is 7.60 Å². The van der Waals surface area contributed by atoms with E-state index in [0.717, 1.165) is 19.3 Å². The van der Waals surface area contributed by atoms with Crippen LogP contribution in [0.4, 0.5) is 0 Å². The zero-order valence-corrected chi connectivity index (χ0v) is 21.1. The van der Waals surface area contributed by atoms with Gasteiger partial charge in [0.1, 0.15) is 0 Å². The summed E-state index contributed by atoms with van der Waals surface area (Å²) in [6, 6.07) is 0. The van der Waals surface area contributed by atoms with Crippen LogP contribution < -0.4 is 0 Å². The molecule has 4 nitrogen and oxygen atoms in total. The fourth-order valence-corrected chi connectivity index (χ4v) is 5.75. The fraction of sp³-hybridized carbons (Fsp3) is 0.917. The molecule has 0 saturated carbocycles. The Balaban J connectivity index is 3.56. The van der Waals surface area contributed by atoms with Gasteiger partial charge in [-0.15, -0.1) is 0 Å². The summed E-state index contributed by atoms with van der Waals surface area (Å²) in [6.07, 6.45) is 23.1. The standard InChI is InChI=1S/C24H50NO3P/c1-6-8-9-10-11-12-13-14-15-16-17-18-19-20-21-22-23-28-29(26,27)24(7-2)25(3,4)5/h18-19,24H,6-17,20-23H2,1-5H3/p+1/b19-18-. The molecule has 0 aromatic carbocycles. The van der Waals surface area contributed by atoms with Crippen molar-refractivity contribution in [1.29, 1.82) is 0 Å². The van der Waals surface area contributed by atoms with Crippen molar-refractivity contribution in [2.75, 3.05) is 27.7 Å². The molecular formula is C24H51NO3P+. The van der Waals surface area contributed by atoms with Crippen LogP contribution in [-0.4, -0.2) is 42.9 Å². The molecule has 174 valence electrons. The molecule has 0 aromatic heterocycles. The summed E-state index contributed by atoms with van der Waals surface area (Å²) < 4.78 is 18.3. The highest BCUT2D eigenvalue weighted by atomic mass is 31.2. The van der Waals surface area contributed by atoms with Crippen LogP contribution in [0, 0.1) is 0 Å². The van der Waals surface area contributed by atoms with Gasteiger partial charge in [-0.25, -0.2) is 0 Å². The van der Waals surface area contributed by atoms with Gasteiger partial charge in [-0.1, -0.05) is 83.8 Å². The SMILES string of the molecule is CCCCCCCCCCCC/C=C\CCCCOP(=O)(O)C(CC)[N+](C)(C)C. The first kappa shape index (κ1) is 28.9. The molecule has 0 spiro atoms. The number of nitrogens with zero attached hydrogens (tertiary/aromatic N) is 1. The molecule has 2 unspecified atom stereocenters. The van der Waals surface area contributed by atoms with E-state index in [-0.39, 0.29) is 5.78 Å². The summed E-state index contributed by atoms with van der Waals surface area (Å²) in [6.45, 7) is 4.59. The molecule has 0 aliphatic carbocycles. The largest absolute Gasteiger partial charge is 0.385 e. The monoisotopic (exact) mass is 432 g/mol. The Bertz CT molecular complexity index is 446. The summed E-state index contributed by atoms with van der Waals surface area (Å²) in [4.78, 5) is 10.2. The molecule has 0 fully saturated rings. The van der Waals surface area contributed by atoms with Crippen LogP contribution in [0.1, 0.15) is 110 Å². The van der Waals surface area contributed by atoms with Crippen LogP contribution in [0.25, 0.3) is 0 Å². The highest BCUT2D eigenvalue weighted by Crippen LogP contribution is 2.51. The van der Waals surface area contributed by atoms with Crippen LogP contribution in [0.3, 0.4) is 0 Å². The molecule has 0 rings (SSSR count). The number of allylic oxidation sites excluding steroid dienone is 2. The lowest BCUT2D eigenvalue weighted by Gasteiger charge is -2.35. The number of hydrogen-bond acceptors (Lipinski definition) is 2. The van der Waals surface area contributed by atoms with Crippen molar-refractivity contribution in [2.24, 2.45) is 0 Å². The van der Waals surface area contributed by atoms with E-state index in [1.807, 2.05) is 28.1 Å². The first-order valence-electron chi connectivity index (χ1n) is 12.2. The molecule has 0 saturated heterocycles. The van der Waals surface area contributed by atoms with Crippen molar-refractivity contribution in [1.82, 2.24) is 0 Å². The summed E-state index contributed by atoms with van der Waals surface area (Å²) in [5.74, 6) is -0.358. The lowest BCUT2D eigenvalue weighted by molar-refractivity contribution is -0.883. The summed E-state index contributed by atoms with van der Waals surface area (Å²) in [5.41, 5.74) is 0. The highest BCUT2D eigenvalue weighted by Gasteiger charge is 2.41. The third kappa shape index (κ3) is 16.2. The fourth-order valence-electron chi connectivity index (χ4n) is 3.85. The Hall–Kier alpha value is -0.150. The van der Waals surface area contributed by atoms with Gasteiger partial charge in [0.15, 0.2) is 5.78 Å². The molecule has 0 aliphatic heterocycles. The molecule has 0 radical (unpaired) electrons. The predicted molar refractivity (Wildman–Crippen MR) is 127 cm³/mol. The molecule has 0 heterocycles. The van der Waals surface area contributed by atoms with Crippen LogP contribution in [0.15, 0.2) is 12.2 Å². The number of quaternary nitrogens is 1. The first-order valence-corrected chi connectivity index (χ1v) is 13.8.